The number of carbonyl (C=O) groups excluding carboxylic acids is 2. The lowest BCUT2D eigenvalue weighted by Crippen LogP contribution is -2.35. The van der Waals surface area contributed by atoms with E-state index in [4.69, 9.17) is 15.8 Å². The molecule has 8 heteroatoms. The zero-order chi connectivity index (χ0) is 20.7. The summed E-state index contributed by atoms with van der Waals surface area (Å²) in [6.45, 7) is 2.55. The highest BCUT2D eigenvalue weighted by Crippen LogP contribution is 2.37. The zero-order valence-corrected chi connectivity index (χ0v) is 16.1. The Kier molecular flexibility index (Phi) is 4.88. The number of nitrogens with zero attached hydrogens (tertiary/aromatic N) is 1. The molecule has 0 unspecified atom stereocenters. The maximum Gasteiger partial charge on any atom is 0.526 e. The number of ketones is 2. The first-order valence-electron chi connectivity index (χ1n) is 9.55. The number of nitrogens with two attached hydrogens (primary N) is 1. The first-order chi connectivity index (χ1) is 13.8. The van der Waals surface area contributed by atoms with Gasteiger partial charge in [-0.15, -0.1) is 0 Å². The van der Waals surface area contributed by atoms with E-state index in [1.807, 2.05) is 18.2 Å². The second kappa shape index (κ2) is 7.37. The average molecular weight is 391 g/mol. The van der Waals surface area contributed by atoms with Crippen LogP contribution < -0.4 is 10.4 Å². The summed E-state index contributed by atoms with van der Waals surface area (Å²) in [7, 11) is -1.14. The molecule has 0 aromatic heterocycles. The fourth-order valence-corrected chi connectivity index (χ4v) is 4.03. The summed E-state index contributed by atoms with van der Waals surface area (Å²) < 4.78 is 5.63. The van der Waals surface area contributed by atoms with Gasteiger partial charge < -0.3 is 20.3 Å². The fraction of sp³-hybridized carbons (Fsp3) is 0.286. The second-order valence-corrected chi connectivity index (χ2v) is 7.67. The summed E-state index contributed by atoms with van der Waals surface area (Å²) in [6.07, 6.45) is 0.604. The number of Topliss-reactive ketones (excluding diaryl/α,β-unsaturated/α-hetero) is 2. The average Bonchev–Trinajstić information content (AvgIpc) is 3.11. The monoisotopic (exact) mass is 391 g/mol. The number of nitrogens with one attached hydrogen (secondary N) is 1. The van der Waals surface area contributed by atoms with Gasteiger partial charge in [-0.05, 0) is 42.2 Å². The minimum Gasteiger partial charge on any atom is -0.535 e. The fourth-order valence-electron chi connectivity index (χ4n) is 4.03. The van der Waals surface area contributed by atoms with Crippen LogP contribution in [0.3, 0.4) is 0 Å². The Morgan fingerprint density at radius 3 is 2.72 bits per heavy atom. The first-order valence-corrected chi connectivity index (χ1v) is 9.55. The van der Waals surface area contributed by atoms with E-state index in [9.17, 15) is 14.6 Å². The third kappa shape index (κ3) is 3.63. The molecule has 4 rings (SSSR count). The Labute approximate surface area is 169 Å². The molecular weight excluding hydrogens is 369 g/mol. The van der Waals surface area contributed by atoms with Crippen molar-refractivity contribution in [3.8, 4) is 5.75 Å². The zero-order valence-electron chi connectivity index (χ0n) is 16.1. The quantitative estimate of drug-likeness (QED) is 0.318. The highest BCUT2D eigenvalue weighted by atomic mass is 16.5. The van der Waals surface area contributed by atoms with Crippen molar-refractivity contribution >= 4 is 24.6 Å². The molecule has 2 aromatic rings. The van der Waals surface area contributed by atoms with E-state index in [1.54, 1.807) is 23.1 Å². The van der Waals surface area contributed by atoms with E-state index in [2.05, 4.69) is 0 Å². The molecule has 7 nitrogen and oxygen atoms in total. The molecule has 1 atom stereocenters. The van der Waals surface area contributed by atoms with Crippen LogP contribution in [0.25, 0.3) is 0 Å². The molecule has 0 spiro atoms. The molecular formula is C21H22BN3O4. The number of benzene rings is 2. The van der Waals surface area contributed by atoms with Gasteiger partial charge in [-0.25, -0.2) is 0 Å². The summed E-state index contributed by atoms with van der Waals surface area (Å²) in [5.74, 6) is -0.161. The van der Waals surface area contributed by atoms with Gasteiger partial charge in [0.15, 0.2) is 17.5 Å². The number of carbonyl (C=O) groups is 2. The number of hydrogen-bond donors (Lipinski definition) is 3. The molecule has 0 aliphatic carbocycles. The summed E-state index contributed by atoms with van der Waals surface area (Å²) in [5.41, 5.74) is 9.45. The van der Waals surface area contributed by atoms with Crippen LogP contribution in [0.5, 0.6) is 5.75 Å². The number of fused-ring (bicyclic) bond motifs is 2. The maximum atomic E-state index is 12.9. The summed E-state index contributed by atoms with van der Waals surface area (Å²) >= 11 is 0. The van der Waals surface area contributed by atoms with Crippen molar-refractivity contribution < 1.29 is 19.3 Å². The van der Waals surface area contributed by atoms with E-state index >= 15 is 0 Å². The number of hydrogen-bond acceptors (Lipinski definition) is 5. The van der Waals surface area contributed by atoms with E-state index < -0.39 is 7.12 Å². The summed E-state index contributed by atoms with van der Waals surface area (Å²) in [6, 6.07) is 10.8. The standard InChI is InChI=1S/C21H22BN3O4/c1-12(26)18-4-2-3-14-8-17(22(28)29-20(14)18)9-19(27)13-5-6-15-10-25(21(23)24)11-16(15)7-13/h2-7,17,28H,8-11H2,1H3,(H3,23,24)/t17-/m1/s1. The van der Waals surface area contributed by atoms with Gasteiger partial charge in [0, 0.05) is 30.9 Å². The molecule has 2 aliphatic rings. The lowest BCUT2D eigenvalue weighted by atomic mass is 9.64. The lowest BCUT2D eigenvalue weighted by Gasteiger charge is -2.28. The summed E-state index contributed by atoms with van der Waals surface area (Å²) in [5, 5.41) is 18.0. The van der Waals surface area contributed by atoms with Crippen LogP contribution in [-0.4, -0.2) is 34.6 Å². The Morgan fingerprint density at radius 1 is 1.24 bits per heavy atom. The van der Waals surface area contributed by atoms with Crippen molar-refractivity contribution in [1.82, 2.24) is 4.90 Å². The number of rotatable bonds is 4. The van der Waals surface area contributed by atoms with E-state index in [0.717, 1.165) is 16.7 Å². The molecule has 0 saturated carbocycles. The largest absolute Gasteiger partial charge is 0.535 e. The first kappa shape index (κ1) is 19.2. The van der Waals surface area contributed by atoms with Crippen LogP contribution in [0.15, 0.2) is 36.4 Å². The van der Waals surface area contributed by atoms with Crippen LogP contribution >= 0.6 is 0 Å². The van der Waals surface area contributed by atoms with Crippen molar-refractivity contribution in [2.24, 2.45) is 5.73 Å². The van der Waals surface area contributed by atoms with E-state index in [0.29, 0.717) is 36.4 Å². The normalized spacial score (nSPS) is 17.4. The third-order valence-corrected chi connectivity index (χ3v) is 5.64. The third-order valence-electron chi connectivity index (χ3n) is 5.64. The van der Waals surface area contributed by atoms with Gasteiger partial charge in [-0.1, -0.05) is 24.3 Å². The van der Waals surface area contributed by atoms with Crippen LogP contribution in [0.4, 0.5) is 0 Å². The van der Waals surface area contributed by atoms with Crippen LogP contribution in [0, 0.1) is 5.41 Å². The van der Waals surface area contributed by atoms with Gasteiger partial charge in [0.2, 0.25) is 0 Å². The Morgan fingerprint density at radius 2 is 2.00 bits per heavy atom. The smallest absolute Gasteiger partial charge is 0.526 e. The van der Waals surface area contributed by atoms with Crippen LogP contribution in [0.1, 0.15) is 50.8 Å². The van der Waals surface area contributed by atoms with Crippen LogP contribution in [-0.2, 0) is 19.5 Å². The highest BCUT2D eigenvalue weighted by Gasteiger charge is 2.37. The van der Waals surface area contributed by atoms with Crippen molar-refractivity contribution in [3.63, 3.8) is 0 Å². The van der Waals surface area contributed by atoms with Crippen molar-refractivity contribution in [2.45, 2.75) is 38.7 Å². The topological polar surface area (TPSA) is 117 Å². The van der Waals surface area contributed by atoms with Crippen molar-refractivity contribution in [1.29, 1.82) is 5.41 Å². The summed E-state index contributed by atoms with van der Waals surface area (Å²) in [4.78, 5) is 26.4. The van der Waals surface area contributed by atoms with Gasteiger partial charge >= 0.3 is 7.12 Å². The predicted octanol–water partition coefficient (Wildman–Crippen LogP) is 2.16. The van der Waals surface area contributed by atoms with Gasteiger partial charge in [-0.3, -0.25) is 15.0 Å². The Hall–Kier alpha value is -3.13. The molecule has 2 heterocycles. The molecule has 0 amide bonds. The lowest BCUT2D eigenvalue weighted by molar-refractivity contribution is 0.0971. The van der Waals surface area contributed by atoms with Gasteiger partial charge in [0.25, 0.3) is 0 Å². The van der Waals surface area contributed by atoms with Crippen molar-refractivity contribution in [3.05, 3.63) is 64.2 Å². The molecule has 29 heavy (non-hydrogen) atoms. The molecule has 0 radical (unpaired) electrons. The Bertz CT molecular complexity index is 1020. The number of guanidine groups is 1. The Balaban J connectivity index is 1.50. The van der Waals surface area contributed by atoms with Gasteiger partial charge in [0.1, 0.15) is 5.75 Å². The van der Waals surface area contributed by atoms with Crippen molar-refractivity contribution in [2.75, 3.05) is 0 Å². The maximum absolute atomic E-state index is 12.9. The van der Waals surface area contributed by atoms with E-state index in [-0.39, 0.29) is 29.8 Å². The second-order valence-electron chi connectivity index (χ2n) is 7.67. The molecule has 148 valence electrons. The van der Waals surface area contributed by atoms with E-state index in [1.165, 1.54) is 6.92 Å². The molecule has 2 aromatic carbocycles. The SMILES string of the molecule is CC(=O)c1cccc2c1OB(O)[C@@H](CC(=O)c1ccc3c(c1)CN(C(=N)N)C3)C2. The van der Waals surface area contributed by atoms with Crippen LogP contribution in [0.2, 0.25) is 5.82 Å². The minimum absolute atomic E-state index is 0.0140. The minimum atomic E-state index is -1.14. The molecule has 2 aliphatic heterocycles. The molecule has 0 saturated heterocycles. The highest BCUT2D eigenvalue weighted by molar-refractivity contribution is 6.47. The van der Waals surface area contributed by atoms with Gasteiger partial charge in [0.05, 0.1) is 5.56 Å². The number of para-hydroxylation sites is 1. The molecule has 0 fully saturated rings. The molecule has 4 N–H and O–H groups in total. The molecule has 0 bridgehead atoms. The van der Waals surface area contributed by atoms with Gasteiger partial charge in [-0.2, -0.15) is 0 Å². The predicted molar refractivity (Wildman–Crippen MR) is 109 cm³/mol.